The monoisotopic (exact) mass is 307 g/mol. The van der Waals surface area contributed by atoms with Gasteiger partial charge in [0.05, 0.1) is 12.8 Å². The van der Waals surface area contributed by atoms with E-state index in [0.717, 1.165) is 7.11 Å². The van der Waals surface area contributed by atoms with Crippen LogP contribution >= 0.6 is 0 Å². The number of alkyl halides is 6. The minimum absolute atomic E-state index is 0.498. The van der Waals surface area contributed by atoms with Crippen molar-refractivity contribution in [2.24, 2.45) is 0 Å². The summed E-state index contributed by atoms with van der Waals surface area (Å²) < 4.78 is 95.2. The first-order chi connectivity index (χ1) is 8.96. The minimum Gasteiger partial charge on any atom is -0.494 e. The fourth-order valence-electron chi connectivity index (χ4n) is 1.25. The molecule has 2 N–H and O–H groups in total. The summed E-state index contributed by atoms with van der Waals surface area (Å²) in [6.45, 7) is 0. The van der Waals surface area contributed by atoms with Crippen LogP contribution in [-0.2, 0) is 0 Å². The molecule has 0 spiro atoms. The van der Waals surface area contributed by atoms with E-state index in [-0.39, 0.29) is 0 Å². The summed E-state index contributed by atoms with van der Waals surface area (Å²) >= 11 is 0. The lowest BCUT2D eigenvalue weighted by molar-refractivity contribution is -0.299. The molecule has 0 aromatic heterocycles. The van der Waals surface area contributed by atoms with Gasteiger partial charge in [0.15, 0.2) is 11.6 Å². The molecule has 0 saturated heterocycles. The summed E-state index contributed by atoms with van der Waals surface area (Å²) in [5, 5.41) is 0. The Labute approximate surface area is 108 Å². The SMILES string of the molecule is COc1cc(OC(C(F)(F)F)C(F)(F)F)c(N)cc1F. The summed E-state index contributed by atoms with van der Waals surface area (Å²) in [6.07, 6.45) is -15.5. The zero-order valence-corrected chi connectivity index (χ0v) is 9.77. The fraction of sp³-hybridized carbons (Fsp3) is 0.400. The van der Waals surface area contributed by atoms with Crippen molar-refractivity contribution < 1.29 is 40.2 Å². The Balaban J connectivity index is 3.19. The van der Waals surface area contributed by atoms with Gasteiger partial charge in [0, 0.05) is 12.1 Å². The van der Waals surface area contributed by atoms with Crippen LogP contribution in [0.3, 0.4) is 0 Å². The summed E-state index contributed by atoms with van der Waals surface area (Å²) in [5.41, 5.74) is 4.40. The van der Waals surface area contributed by atoms with Crippen LogP contribution < -0.4 is 15.2 Å². The van der Waals surface area contributed by atoms with E-state index in [1.54, 1.807) is 0 Å². The van der Waals surface area contributed by atoms with Crippen LogP contribution in [0.5, 0.6) is 11.5 Å². The molecular formula is C10H8F7NO2. The highest BCUT2D eigenvalue weighted by Crippen LogP contribution is 2.39. The Kier molecular flexibility index (Phi) is 4.25. The largest absolute Gasteiger partial charge is 0.494 e. The lowest BCUT2D eigenvalue weighted by atomic mass is 10.2. The van der Waals surface area contributed by atoms with Crippen molar-refractivity contribution in [1.29, 1.82) is 0 Å². The van der Waals surface area contributed by atoms with Crippen LogP contribution in [0.4, 0.5) is 36.4 Å². The molecule has 114 valence electrons. The predicted molar refractivity (Wildman–Crippen MR) is 53.9 cm³/mol. The molecule has 1 rings (SSSR count). The highest BCUT2D eigenvalue weighted by atomic mass is 19.4. The molecule has 20 heavy (non-hydrogen) atoms. The number of halogens is 7. The molecule has 10 heteroatoms. The molecule has 0 fully saturated rings. The second-order valence-corrected chi connectivity index (χ2v) is 3.61. The maximum Gasteiger partial charge on any atom is 0.434 e. The summed E-state index contributed by atoms with van der Waals surface area (Å²) in [4.78, 5) is 0. The first-order valence-electron chi connectivity index (χ1n) is 4.90. The van der Waals surface area contributed by atoms with Gasteiger partial charge in [0.1, 0.15) is 5.75 Å². The first kappa shape index (κ1) is 16.2. The van der Waals surface area contributed by atoms with Gasteiger partial charge in [-0.05, 0) is 0 Å². The molecule has 0 unspecified atom stereocenters. The van der Waals surface area contributed by atoms with Crippen molar-refractivity contribution in [3.05, 3.63) is 17.9 Å². The number of benzene rings is 1. The number of methoxy groups -OCH3 is 1. The van der Waals surface area contributed by atoms with E-state index in [2.05, 4.69) is 9.47 Å². The molecule has 0 amide bonds. The zero-order valence-electron chi connectivity index (χ0n) is 9.77. The van der Waals surface area contributed by atoms with Crippen LogP contribution in [0.2, 0.25) is 0 Å². The van der Waals surface area contributed by atoms with E-state index in [1.165, 1.54) is 0 Å². The molecule has 0 radical (unpaired) electrons. The average molecular weight is 307 g/mol. The average Bonchev–Trinajstić information content (AvgIpc) is 2.24. The Morgan fingerprint density at radius 1 is 1.00 bits per heavy atom. The molecule has 1 aromatic rings. The second-order valence-electron chi connectivity index (χ2n) is 3.61. The number of nitrogen functional groups attached to an aromatic ring is 1. The van der Waals surface area contributed by atoms with Gasteiger partial charge in [-0.15, -0.1) is 0 Å². The summed E-state index contributed by atoms with van der Waals surface area (Å²) in [5.74, 6) is -2.63. The van der Waals surface area contributed by atoms with Crippen molar-refractivity contribution >= 4 is 5.69 Å². The Morgan fingerprint density at radius 2 is 1.50 bits per heavy atom. The van der Waals surface area contributed by atoms with Gasteiger partial charge in [0.2, 0.25) is 0 Å². The Morgan fingerprint density at radius 3 is 1.90 bits per heavy atom. The fourth-order valence-corrected chi connectivity index (χ4v) is 1.25. The highest BCUT2D eigenvalue weighted by molar-refractivity contribution is 5.56. The molecule has 3 nitrogen and oxygen atoms in total. The van der Waals surface area contributed by atoms with E-state index in [1.807, 2.05) is 0 Å². The molecule has 0 bridgehead atoms. The normalized spacial score (nSPS) is 12.7. The van der Waals surface area contributed by atoms with Crippen molar-refractivity contribution in [1.82, 2.24) is 0 Å². The molecular weight excluding hydrogens is 299 g/mol. The van der Waals surface area contributed by atoms with E-state index < -0.39 is 41.5 Å². The van der Waals surface area contributed by atoms with Crippen LogP contribution in [-0.4, -0.2) is 25.6 Å². The maximum atomic E-state index is 13.1. The topological polar surface area (TPSA) is 44.5 Å². The number of hydrogen-bond acceptors (Lipinski definition) is 3. The van der Waals surface area contributed by atoms with E-state index in [0.29, 0.717) is 12.1 Å². The number of hydrogen-bond donors (Lipinski definition) is 1. The lowest BCUT2D eigenvalue weighted by Gasteiger charge is -2.24. The van der Waals surface area contributed by atoms with E-state index >= 15 is 0 Å². The predicted octanol–water partition coefficient (Wildman–Crippen LogP) is 3.29. The third-order valence-electron chi connectivity index (χ3n) is 2.12. The van der Waals surface area contributed by atoms with Gasteiger partial charge in [-0.25, -0.2) is 4.39 Å². The molecule has 0 aliphatic rings. The van der Waals surface area contributed by atoms with Crippen molar-refractivity contribution in [2.75, 3.05) is 12.8 Å². The Bertz CT molecular complexity index is 470. The van der Waals surface area contributed by atoms with Gasteiger partial charge in [-0.2, -0.15) is 26.3 Å². The van der Waals surface area contributed by atoms with Crippen LogP contribution in [0.25, 0.3) is 0 Å². The number of ether oxygens (including phenoxy) is 2. The smallest absolute Gasteiger partial charge is 0.434 e. The number of nitrogens with two attached hydrogens (primary N) is 1. The minimum atomic E-state index is -5.70. The molecule has 0 aliphatic heterocycles. The zero-order chi connectivity index (χ0) is 15.7. The van der Waals surface area contributed by atoms with Crippen molar-refractivity contribution in [3.63, 3.8) is 0 Å². The molecule has 0 saturated carbocycles. The van der Waals surface area contributed by atoms with Gasteiger partial charge in [0.25, 0.3) is 6.10 Å². The summed E-state index contributed by atoms with van der Waals surface area (Å²) in [7, 11) is 0.976. The van der Waals surface area contributed by atoms with Crippen LogP contribution in [0.1, 0.15) is 0 Å². The first-order valence-corrected chi connectivity index (χ1v) is 4.90. The molecule has 0 heterocycles. The second kappa shape index (κ2) is 5.25. The van der Waals surface area contributed by atoms with Gasteiger partial charge in [-0.3, -0.25) is 0 Å². The van der Waals surface area contributed by atoms with Crippen LogP contribution in [0.15, 0.2) is 12.1 Å². The van der Waals surface area contributed by atoms with Crippen molar-refractivity contribution in [3.8, 4) is 11.5 Å². The van der Waals surface area contributed by atoms with Gasteiger partial charge >= 0.3 is 12.4 Å². The van der Waals surface area contributed by atoms with E-state index in [4.69, 9.17) is 5.73 Å². The number of rotatable bonds is 3. The third kappa shape index (κ3) is 3.58. The maximum absolute atomic E-state index is 13.1. The standard InChI is InChI=1S/C10H8F7NO2/c1-19-6-3-7(5(18)2-4(6)11)20-8(9(12,13)14)10(15,16)17/h2-3,8H,18H2,1H3. The van der Waals surface area contributed by atoms with Crippen LogP contribution in [0, 0.1) is 5.82 Å². The molecule has 1 aromatic carbocycles. The summed E-state index contributed by atoms with van der Waals surface area (Å²) in [6, 6.07) is 1.01. The van der Waals surface area contributed by atoms with E-state index in [9.17, 15) is 30.7 Å². The lowest BCUT2D eigenvalue weighted by Crippen LogP contribution is -2.46. The van der Waals surface area contributed by atoms with Crippen molar-refractivity contribution in [2.45, 2.75) is 18.5 Å². The van der Waals surface area contributed by atoms with Gasteiger partial charge < -0.3 is 15.2 Å². The highest BCUT2D eigenvalue weighted by Gasteiger charge is 2.59. The molecule has 0 aliphatic carbocycles. The van der Waals surface area contributed by atoms with Gasteiger partial charge in [-0.1, -0.05) is 0 Å². The quantitative estimate of drug-likeness (QED) is 0.688. The third-order valence-corrected chi connectivity index (χ3v) is 2.12. The Hall–Kier alpha value is -1.87. The number of anilines is 1. The molecule has 0 atom stereocenters.